The average Bonchev–Trinajstić information content (AvgIpc) is 2.28. The maximum absolute atomic E-state index is 5.85. The van der Waals surface area contributed by atoms with Gasteiger partial charge in [0, 0.05) is 26.4 Å². The highest BCUT2D eigenvalue weighted by Crippen LogP contribution is 2.17. The minimum Gasteiger partial charge on any atom is -0.383 e. The first kappa shape index (κ1) is 12.9. The molecule has 0 aromatic carbocycles. The fraction of sp³-hybridized carbons (Fsp3) is 0.583. The summed E-state index contributed by atoms with van der Waals surface area (Å²) in [6.45, 7) is 4.75. The van der Waals surface area contributed by atoms with Gasteiger partial charge in [0.15, 0.2) is 0 Å². The molecule has 0 saturated heterocycles. The van der Waals surface area contributed by atoms with Gasteiger partial charge in [-0.1, -0.05) is 0 Å². The van der Waals surface area contributed by atoms with Crippen LogP contribution in [0.3, 0.4) is 0 Å². The van der Waals surface area contributed by atoms with Gasteiger partial charge >= 0.3 is 0 Å². The highest BCUT2D eigenvalue weighted by molar-refractivity contribution is 5.41. The lowest BCUT2D eigenvalue weighted by molar-refractivity contribution is 0.183. The second kappa shape index (κ2) is 5.82. The molecule has 0 saturated carbocycles. The molecule has 0 bridgehead atoms. The van der Waals surface area contributed by atoms with E-state index in [2.05, 4.69) is 16.8 Å². The van der Waals surface area contributed by atoms with Crippen molar-refractivity contribution < 1.29 is 4.74 Å². The molecule has 0 aliphatic heterocycles. The van der Waals surface area contributed by atoms with Crippen LogP contribution >= 0.6 is 0 Å². The van der Waals surface area contributed by atoms with Gasteiger partial charge in [0.2, 0.25) is 0 Å². The Hall–Kier alpha value is -1.13. The van der Waals surface area contributed by atoms with Crippen LogP contribution in [0.4, 0.5) is 5.82 Å². The molecule has 0 fully saturated rings. The molecule has 0 spiro atoms. The van der Waals surface area contributed by atoms with Gasteiger partial charge in [-0.15, -0.1) is 0 Å². The van der Waals surface area contributed by atoms with Crippen LogP contribution in [0.15, 0.2) is 18.3 Å². The highest BCUT2D eigenvalue weighted by atomic mass is 16.5. The minimum absolute atomic E-state index is 0.0351. The van der Waals surface area contributed by atoms with E-state index in [1.807, 2.05) is 26.1 Å². The van der Waals surface area contributed by atoms with Crippen LogP contribution in [0.5, 0.6) is 0 Å². The molecule has 90 valence electrons. The summed E-state index contributed by atoms with van der Waals surface area (Å²) >= 11 is 0. The number of nitrogens with two attached hydrogens (primary N) is 1. The van der Waals surface area contributed by atoms with Crippen molar-refractivity contribution in [3.05, 3.63) is 23.9 Å². The fourth-order valence-corrected chi connectivity index (χ4v) is 1.49. The van der Waals surface area contributed by atoms with Gasteiger partial charge in [0.1, 0.15) is 5.82 Å². The van der Waals surface area contributed by atoms with E-state index >= 15 is 0 Å². The number of hydrogen-bond acceptors (Lipinski definition) is 4. The Bertz CT molecular complexity index is 328. The van der Waals surface area contributed by atoms with E-state index in [1.54, 1.807) is 13.3 Å². The zero-order valence-electron chi connectivity index (χ0n) is 10.5. The summed E-state index contributed by atoms with van der Waals surface area (Å²) in [4.78, 5) is 6.43. The van der Waals surface area contributed by atoms with Crippen LogP contribution in [0, 0.1) is 0 Å². The Morgan fingerprint density at radius 1 is 1.50 bits per heavy atom. The number of nitrogens with zero attached hydrogens (tertiary/aromatic N) is 2. The van der Waals surface area contributed by atoms with E-state index in [-0.39, 0.29) is 6.04 Å². The lowest BCUT2D eigenvalue weighted by Crippen LogP contribution is -2.33. The summed E-state index contributed by atoms with van der Waals surface area (Å²) < 4.78 is 5.13. The lowest BCUT2D eigenvalue weighted by Gasteiger charge is -2.25. The standard InChI is InChI=1S/C12H21N3O/c1-9(8-16-4)15(3)12-7-11(10(2)13)5-6-14-12/h5-7,9-10H,8,13H2,1-4H3/t9?,10-/m0/s1. The second-order valence-electron chi connectivity index (χ2n) is 4.15. The summed E-state index contributed by atoms with van der Waals surface area (Å²) in [6.07, 6.45) is 1.80. The van der Waals surface area contributed by atoms with Crippen LogP contribution in [-0.4, -0.2) is 31.8 Å². The van der Waals surface area contributed by atoms with Gasteiger partial charge in [-0.3, -0.25) is 0 Å². The quantitative estimate of drug-likeness (QED) is 0.823. The molecular formula is C12H21N3O. The smallest absolute Gasteiger partial charge is 0.128 e. The normalized spacial score (nSPS) is 14.6. The van der Waals surface area contributed by atoms with Gasteiger partial charge in [0.25, 0.3) is 0 Å². The number of likely N-dealkylation sites (N-methyl/N-ethyl adjacent to an activating group) is 1. The van der Waals surface area contributed by atoms with Crippen LogP contribution in [0.25, 0.3) is 0 Å². The van der Waals surface area contributed by atoms with Gasteiger partial charge < -0.3 is 15.4 Å². The molecule has 1 rings (SSSR count). The Morgan fingerprint density at radius 3 is 2.75 bits per heavy atom. The molecule has 0 aliphatic carbocycles. The molecule has 4 heteroatoms. The molecule has 0 amide bonds. The first-order valence-corrected chi connectivity index (χ1v) is 5.49. The first-order chi connectivity index (χ1) is 7.56. The average molecular weight is 223 g/mol. The summed E-state index contributed by atoms with van der Waals surface area (Å²) in [5.41, 5.74) is 6.95. The summed E-state index contributed by atoms with van der Waals surface area (Å²) in [5, 5.41) is 0. The molecule has 2 N–H and O–H groups in total. The molecule has 1 aromatic rings. The van der Waals surface area contributed by atoms with E-state index < -0.39 is 0 Å². The van der Waals surface area contributed by atoms with E-state index in [9.17, 15) is 0 Å². The molecule has 2 atom stereocenters. The van der Waals surface area contributed by atoms with Crippen molar-refractivity contribution in [2.24, 2.45) is 5.73 Å². The molecule has 1 aromatic heterocycles. The van der Waals surface area contributed by atoms with Crippen molar-refractivity contribution in [3.63, 3.8) is 0 Å². The topological polar surface area (TPSA) is 51.4 Å². The van der Waals surface area contributed by atoms with Gasteiger partial charge in [-0.25, -0.2) is 4.98 Å². The molecule has 0 aliphatic rings. The Kier molecular flexibility index (Phi) is 4.71. The molecule has 4 nitrogen and oxygen atoms in total. The van der Waals surface area contributed by atoms with E-state index in [0.717, 1.165) is 11.4 Å². The van der Waals surface area contributed by atoms with Crippen LogP contribution in [0.1, 0.15) is 25.5 Å². The molecule has 16 heavy (non-hydrogen) atoms. The number of methoxy groups -OCH3 is 1. The fourth-order valence-electron chi connectivity index (χ4n) is 1.49. The third-order valence-corrected chi connectivity index (χ3v) is 2.73. The van der Waals surface area contributed by atoms with Gasteiger partial charge in [-0.05, 0) is 31.5 Å². The van der Waals surface area contributed by atoms with Crippen molar-refractivity contribution in [1.82, 2.24) is 4.98 Å². The number of anilines is 1. The zero-order chi connectivity index (χ0) is 12.1. The Morgan fingerprint density at radius 2 is 2.19 bits per heavy atom. The molecule has 1 heterocycles. The molecule has 0 radical (unpaired) electrons. The zero-order valence-corrected chi connectivity index (χ0v) is 10.5. The van der Waals surface area contributed by atoms with Crippen molar-refractivity contribution in [2.45, 2.75) is 25.9 Å². The maximum atomic E-state index is 5.85. The second-order valence-corrected chi connectivity index (χ2v) is 4.15. The third kappa shape index (κ3) is 3.18. The number of aromatic nitrogens is 1. The van der Waals surface area contributed by atoms with Crippen molar-refractivity contribution in [1.29, 1.82) is 0 Å². The predicted molar refractivity (Wildman–Crippen MR) is 66.6 cm³/mol. The Balaban J connectivity index is 2.82. The molecule has 1 unspecified atom stereocenters. The van der Waals surface area contributed by atoms with Crippen molar-refractivity contribution in [3.8, 4) is 0 Å². The van der Waals surface area contributed by atoms with Crippen LogP contribution in [0.2, 0.25) is 0 Å². The van der Waals surface area contributed by atoms with Crippen molar-refractivity contribution >= 4 is 5.82 Å². The number of ether oxygens (including phenoxy) is 1. The van der Waals surface area contributed by atoms with E-state index in [1.165, 1.54) is 0 Å². The highest BCUT2D eigenvalue weighted by Gasteiger charge is 2.11. The number of pyridine rings is 1. The van der Waals surface area contributed by atoms with Gasteiger partial charge in [0.05, 0.1) is 12.6 Å². The van der Waals surface area contributed by atoms with Crippen molar-refractivity contribution in [2.75, 3.05) is 25.7 Å². The summed E-state index contributed by atoms with van der Waals surface area (Å²) in [7, 11) is 3.72. The van der Waals surface area contributed by atoms with Crippen LogP contribution in [-0.2, 0) is 4.74 Å². The monoisotopic (exact) mass is 223 g/mol. The molecular weight excluding hydrogens is 202 g/mol. The SMILES string of the molecule is COCC(C)N(C)c1cc([C@H](C)N)ccn1. The largest absolute Gasteiger partial charge is 0.383 e. The third-order valence-electron chi connectivity index (χ3n) is 2.73. The van der Waals surface area contributed by atoms with E-state index in [4.69, 9.17) is 10.5 Å². The van der Waals surface area contributed by atoms with Gasteiger partial charge in [-0.2, -0.15) is 0 Å². The number of rotatable bonds is 5. The van der Waals surface area contributed by atoms with Crippen LogP contribution < -0.4 is 10.6 Å². The lowest BCUT2D eigenvalue weighted by atomic mass is 10.1. The summed E-state index contributed by atoms with van der Waals surface area (Å²) in [5.74, 6) is 0.930. The maximum Gasteiger partial charge on any atom is 0.128 e. The Labute approximate surface area is 97.4 Å². The first-order valence-electron chi connectivity index (χ1n) is 5.49. The van der Waals surface area contributed by atoms with E-state index in [0.29, 0.717) is 12.6 Å². The number of hydrogen-bond donors (Lipinski definition) is 1. The predicted octanol–water partition coefficient (Wildman–Crippen LogP) is 1.57. The minimum atomic E-state index is 0.0351. The summed E-state index contributed by atoms with van der Waals surface area (Å²) in [6, 6.07) is 4.30.